The SMILES string of the molecule is CC(C)(C)CC(=O)Nc1c[n+](N2CCSCC2)no1. The van der Waals surface area contributed by atoms with Crippen LogP contribution >= 0.6 is 11.8 Å². The van der Waals surface area contributed by atoms with Gasteiger partial charge in [-0.05, 0) is 5.41 Å². The average Bonchev–Trinajstić information content (AvgIpc) is 2.76. The Bertz CT molecular complexity index is 435. The van der Waals surface area contributed by atoms with E-state index in [-0.39, 0.29) is 11.3 Å². The summed E-state index contributed by atoms with van der Waals surface area (Å²) in [6, 6.07) is 0. The fourth-order valence-electron chi connectivity index (χ4n) is 1.85. The number of carbonyl (C=O) groups excluding carboxylic acids is 1. The van der Waals surface area contributed by atoms with Crippen molar-refractivity contribution in [1.29, 1.82) is 0 Å². The van der Waals surface area contributed by atoms with Crippen molar-refractivity contribution in [3.05, 3.63) is 6.20 Å². The molecule has 0 saturated carbocycles. The number of anilines is 1. The van der Waals surface area contributed by atoms with Gasteiger partial charge in [-0.15, -0.1) is 0 Å². The third-order valence-corrected chi connectivity index (χ3v) is 3.63. The smallest absolute Gasteiger partial charge is 0.289 e. The number of thioether (sulfide) groups is 1. The molecular formula is C12H21N4O2S+. The number of carbonyl (C=O) groups is 1. The van der Waals surface area contributed by atoms with E-state index >= 15 is 0 Å². The highest BCUT2D eigenvalue weighted by molar-refractivity contribution is 7.99. The zero-order chi connectivity index (χ0) is 13.9. The quantitative estimate of drug-likeness (QED) is 0.840. The Morgan fingerprint density at radius 1 is 1.53 bits per heavy atom. The number of rotatable bonds is 3. The lowest BCUT2D eigenvalue weighted by atomic mass is 9.92. The zero-order valence-electron chi connectivity index (χ0n) is 11.7. The summed E-state index contributed by atoms with van der Waals surface area (Å²) < 4.78 is 5.14. The second-order valence-corrected chi connectivity index (χ2v) is 7.06. The van der Waals surface area contributed by atoms with Crippen molar-refractivity contribution >= 4 is 23.6 Å². The molecule has 19 heavy (non-hydrogen) atoms. The molecule has 0 radical (unpaired) electrons. The highest BCUT2D eigenvalue weighted by atomic mass is 32.2. The maximum absolute atomic E-state index is 11.8. The van der Waals surface area contributed by atoms with Gasteiger partial charge in [-0.2, -0.15) is 16.8 Å². The largest absolute Gasteiger partial charge is 0.305 e. The molecule has 0 bridgehead atoms. The zero-order valence-corrected chi connectivity index (χ0v) is 12.5. The van der Waals surface area contributed by atoms with E-state index < -0.39 is 0 Å². The van der Waals surface area contributed by atoms with Crippen LogP contribution < -0.4 is 15.1 Å². The van der Waals surface area contributed by atoms with Gasteiger partial charge in [0.2, 0.25) is 11.2 Å². The number of nitrogens with zero attached hydrogens (tertiary/aromatic N) is 3. The first-order chi connectivity index (χ1) is 8.94. The van der Waals surface area contributed by atoms with Gasteiger partial charge in [0.25, 0.3) is 6.20 Å². The van der Waals surface area contributed by atoms with E-state index in [9.17, 15) is 4.79 Å². The molecule has 0 spiro atoms. The lowest BCUT2D eigenvalue weighted by Crippen LogP contribution is -2.61. The summed E-state index contributed by atoms with van der Waals surface area (Å²) in [5.74, 6) is 2.52. The fraction of sp³-hybridized carbons (Fsp3) is 0.750. The summed E-state index contributed by atoms with van der Waals surface area (Å²) in [5, 5.41) is 8.77. The number of nitrogens with one attached hydrogen (secondary N) is 1. The van der Waals surface area contributed by atoms with Gasteiger partial charge in [-0.1, -0.05) is 20.8 Å². The van der Waals surface area contributed by atoms with E-state index in [1.807, 2.05) is 32.5 Å². The molecule has 1 aliphatic rings. The van der Waals surface area contributed by atoms with Crippen LogP contribution in [0.2, 0.25) is 0 Å². The topological polar surface area (TPSA) is 62.3 Å². The van der Waals surface area contributed by atoms with E-state index in [1.54, 1.807) is 11.0 Å². The van der Waals surface area contributed by atoms with E-state index in [1.165, 1.54) is 0 Å². The van der Waals surface area contributed by atoms with E-state index in [4.69, 9.17) is 4.52 Å². The minimum Gasteiger partial charge on any atom is -0.289 e. The van der Waals surface area contributed by atoms with Crippen molar-refractivity contribution in [1.82, 2.24) is 5.27 Å². The highest BCUT2D eigenvalue weighted by Gasteiger charge is 2.24. The fourth-order valence-corrected chi connectivity index (χ4v) is 2.73. The number of amides is 1. The van der Waals surface area contributed by atoms with Crippen molar-refractivity contribution in [2.24, 2.45) is 5.41 Å². The van der Waals surface area contributed by atoms with E-state index in [0.29, 0.717) is 12.3 Å². The molecule has 1 amide bonds. The Hall–Kier alpha value is -1.24. The minimum absolute atomic E-state index is 0.0375. The molecule has 0 atom stereocenters. The molecule has 1 saturated heterocycles. The van der Waals surface area contributed by atoms with Gasteiger partial charge in [-0.3, -0.25) is 14.6 Å². The Labute approximate surface area is 117 Å². The van der Waals surface area contributed by atoms with Crippen LogP contribution in [0.1, 0.15) is 27.2 Å². The molecule has 1 aliphatic heterocycles. The first kappa shape index (κ1) is 14.2. The van der Waals surface area contributed by atoms with Crippen LogP contribution in [0.3, 0.4) is 0 Å². The molecule has 7 heteroatoms. The third kappa shape index (κ3) is 4.41. The van der Waals surface area contributed by atoms with Gasteiger partial charge < -0.3 is 0 Å². The van der Waals surface area contributed by atoms with Crippen molar-refractivity contribution in [2.75, 3.05) is 34.9 Å². The average molecular weight is 285 g/mol. The lowest BCUT2D eigenvalue weighted by Gasteiger charge is -2.17. The van der Waals surface area contributed by atoms with Gasteiger partial charge in [0, 0.05) is 17.9 Å². The van der Waals surface area contributed by atoms with Crippen LogP contribution in [0, 0.1) is 5.41 Å². The Morgan fingerprint density at radius 2 is 2.21 bits per heavy atom. The second-order valence-electron chi connectivity index (χ2n) is 5.84. The van der Waals surface area contributed by atoms with Crippen molar-refractivity contribution in [3.8, 4) is 0 Å². The lowest BCUT2D eigenvalue weighted by molar-refractivity contribution is -0.757. The molecule has 0 unspecified atom stereocenters. The maximum Gasteiger partial charge on any atom is 0.305 e. The Kier molecular flexibility index (Phi) is 4.34. The normalized spacial score (nSPS) is 16.5. The summed E-state index contributed by atoms with van der Waals surface area (Å²) in [5.41, 5.74) is -0.0375. The molecule has 0 aromatic carbocycles. The van der Waals surface area contributed by atoms with Crippen LogP contribution in [0.5, 0.6) is 0 Å². The monoisotopic (exact) mass is 285 g/mol. The molecule has 1 aromatic rings. The Morgan fingerprint density at radius 3 is 2.84 bits per heavy atom. The summed E-state index contributed by atoms with van der Waals surface area (Å²) in [6.07, 6.45) is 2.17. The van der Waals surface area contributed by atoms with Crippen LogP contribution in [0.15, 0.2) is 10.7 Å². The molecular weight excluding hydrogens is 264 g/mol. The van der Waals surface area contributed by atoms with Crippen molar-refractivity contribution in [3.63, 3.8) is 0 Å². The molecule has 1 fully saturated rings. The maximum atomic E-state index is 11.8. The molecule has 0 aliphatic carbocycles. The number of hydrogen-bond donors (Lipinski definition) is 1. The minimum atomic E-state index is -0.0509. The molecule has 1 N–H and O–H groups in total. The first-order valence-electron chi connectivity index (χ1n) is 6.45. The summed E-state index contributed by atoms with van der Waals surface area (Å²) in [7, 11) is 0. The van der Waals surface area contributed by atoms with Crippen LogP contribution in [-0.2, 0) is 4.79 Å². The number of hydrogen-bond acceptors (Lipinski definition) is 5. The van der Waals surface area contributed by atoms with Gasteiger partial charge in [0.1, 0.15) is 0 Å². The summed E-state index contributed by atoms with van der Waals surface area (Å²) >= 11 is 1.93. The molecule has 6 nitrogen and oxygen atoms in total. The second kappa shape index (κ2) is 5.81. The molecule has 2 rings (SSSR count). The van der Waals surface area contributed by atoms with Gasteiger partial charge >= 0.3 is 5.88 Å². The van der Waals surface area contributed by atoms with Crippen LogP contribution in [0.4, 0.5) is 5.88 Å². The van der Waals surface area contributed by atoms with E-state index in [0.717, 1.165) is 24.6 Å². The van der Waals surface area contributed by atoms with Gasteiger partial charge in [0.05, 0.1) is 17.9 Å². The third-order valence-electron chi connectivity index (χ3n) is 2.69. The molecule has 106 valence electrons. The summed E-state index contributed by atoms with van der Waals surface area (Å²) in [6.45, 7) is 7.96. The molecule has 1 aromatic heterocycles. The number of aromatic nitrogens is 2. The first-order valence-corrected chi connectivity index (χ1v) is 7.61. The van der Waals surface area contributed by atoms with E-state index in [2.05, 4.69) is 15.6 Å². The molecule has 2 heterocycles. The predicted molar refractivity (Wildman–Crippen MR) is 74.7 cm³/mol. The Balaban J connectivity index is 1.91. The van der Waals surface area contributed by atoms with Crippen LogP contribution in [-0.4, -0.2) is 35.8 Å². The van der Waals surface area contributed by atoms with Gasteiger partial charge in [-0.25, -0.2) is 0 Å². The van der Waals surface area contributed by atoms with Crippen molar-refractivity contribution < 1.29 is 14.1 Å². The highest BCUT2D eigenvalue weighted by Crippen LogP contribution is 2.19. The van der Waals surface area contributed by atoms with Crippen LogP contribution in [0.25, 0.3) is 0 Å². The standard InChI is InChI=1S/C12H20N4O2S/c1-12(2,3)8-10(17)13-11-9-16(14-18-11)15-4-6-19-7-5-15/h9H,4-8H2,1-3H3/p+1. The summed E-state index contributed by atoms with van der Waals surface area (Å²) in [4.78, 5) is 13.5. The van der Waals surface area contributed by atoms with Crippen molar-refractivity contribution in [2.45, 2.75) is 27.2 Å². The van der Waals surface area contributed by atoms with Gasteiger partial charge in [0.15, 0.2) is 0 Å². The predicted octanol–water partition coefficient (Wildman–Crippen LogP) is 1.02.